The van der Waals surface area contributed by atoms with Crippen molar-refractivity contribution in [3.05, 3.63) is 48.5 Å². The minimum atomic E-state index is -0.0734. The van der Waals surface area contributed by atoms with Crippen LogP contribution in [0.4, 0.5) is 5.82 Å². The van der Waals surface area contributed by atoms with Crippen LogP contribution in [-0.2, 0) is 9.53 Å². The molecule has 0 bridgehead atoms. The third-order valence-corrected chi connectivity index (χ3v) is 4.51. The van der Waals surface area contributed by atoms with Gasteiger partial charge < -0.3 is 10.1 Å². The number of nitrogens with one attached hydrogen (secondary N) is 1. The van der Waals surface area contributed by atoms with Crippen LogP contribution >= 0.6 is 0 Å². The highest BCUT2D eigenvalue weighted by Crippen LogP contribution is 2.23. The van der Waals surface area contributed by atoms with Gasteiger partial charge in [-0.05, 0) is 30.7 Å². The number of hydrogen-bond donors (Lipinski definition) is 1. The number of carbonyl (C=O) groups excluding carboxylic acids is 1. The molecule has 1 fully saturated rings. The van der Waals surface area contributed by atoms with Crippen molar-refractivity contribution < 1.29 is 9.53 Å². The van der Waals surface area contributed by atoms with Crippen LogP contribution in [-0.4, -0.2) is 58.6 Å². The molecule has 4 rings (SSSR count). The lowest BCUT2D eigenvalue weighted by Crippen LogP contribution is -2.41. The van der Waals surface area contributed by atoms with E-state index in [1.807, 2.05) is 37.6 Å². The summed E-state index contributed by atoms with van der Waals surface area (Å²) in [5, 5.41) is 3.80. The maximum Gasteiger partial charge on any atom is 0.239 e. The van der Waals surface area contributed by atoms with Crippen molar-refractivity contribution in [1.82, 2.24) is 19.9 Å². The number of amides is 1. The predicted molar refractivity (Wildman–Crippen MR) is 103 cm³/mol. The molecular formula is C20H21N5O2. The Kier molecular flexibility index (Phi) is 5.04. The zero-order valence-electron chi connectivity index (χ0n) is 15.2. The molecule has 0 aliphatic carbocycles. The molecule has 3 aromatic rings. The highest BCUT2D eigenvalue weighted by molar-refractivity contribution is 5.93. The van der Waals surface area contributed by atoms with E-state index in [2.05, 4.69) is 31.2 Å². The molecule has 1 amide bonds. The van der Waals surface area contributed by atoms with Crippen LogP contribution in [0.5, 0.6) is 0 Å². The average molecular weight is 363 g/mol. The van der Waals surface area contributed by atoms with Crippen molar-refractivity contribution in [2.45, 2.75) is 6.92 Å². The number of ether oxygens (including phenoxy) is 1. The molecule has 27 heavy (non-hydrogen) atoms. The van der Waals surface area contributed by atoms with Gasteiger partial charge in [-0.3, -0.25) is 19.7 Å². The van der Waals surface area contributed by atoms with Crippen molar-refractivity contribution in [2.75, 3.05) is 38.2 Å². The second-order valence-corrected chi connectivity index (χ2v) is 6.67. The summed E-state index contributed by atoms with van der Waals surface area (Å²) < 4.78 is 5.31. The lowest BCUT2D eigenvalue weighted by Gasteiger charge is -2.25. The molecule has 0 unspecified atom stereocenters. The number of morpholine rings is 1. The number of nitrogens with zero attached hydrogens (tertiary/aromatic N) is 4. The number of pyridine rings is 3. The normalized spacial score (nSPS) is 15.0. The highest BCUT2D eigenvalue weighted by atomic mass is 16.5. The standard InChI is InChI=1S/C20H21N5O2/c1-14-6-16(10-21-9-14)17-7-15-8-19(23-12-18(15)22-11-17)24-20(26)13-25-2-4-27-5-3-25/h6-12H,2-5,13H2,1H3,(H,23,24,26). The van der Waals surface area contributed by atoms with E-state index < -0.39 is 0 Å². The summed E-state index contributed by atoms with van der Waals surface area (Å²) in [5.74, 6) is 0.456. The van der Waals surface area contributed by atoms with Crippen LogP contribution in [0.1, 0.15) is 5.56 Å². The fourth-order valence-electron chi connectivity index (χ4n) is 3.11. The highest BCUT2D eigenvalue weighted by Gasteiger charge is 2.14. The van der Waals surface area contributed by atoms with Crippen LogP contribution in [0.3, 0.4) is 0 Å². The molecule has 3 aromatic heterocycles. The van der Waals surface area contributed by atoms with Crippen molar-refractivity contribution in [2.24, 2.45) is 0 Å². The van der Waals surface area contributed by atoms with Crippen molar-refractivity contribution in [3.63, 3.8) is 0 Å². The molecule has 0 spiro atoms. The molecule has 138 valence electrons. The van der Waals surface area contributed by atoms with Gasteiger partial charge in [0.15, 0.2) is 0 Å². The van der Waals surface area contributed by atoms with Crippen LogP contribution in [0.2, 0.25) is 0 Å². The number of anilines is 1. The van der Waals surface area contributed by atoms with Gasteiger partial charge in [0.1, 0.15) is 5.82 Å². The Bertz CT molecular complexity index is 969. The Labute approximate surface area is 157 Å². The molecule has 1 saturated heterocycles. The Morgan fingerprint density at radius 1 is 1.07 bits per heavy atom. The lowest BCUT2D eigenvalue weighted by atomic mass is 10.1. The smallest absolute Gasteiger partial charge is 0.239 e. The van der Waals surface area contributed by atoms with E-state index in [4.69, 9.17) is 4.74 Å². The maximum atomic E-state index is 12.3. The topological polar surface area (TPSA) is 80.2 Å². The Hall–Kier alpha value is -2.90. The first-order valence-electron chi connectivity index (χ1n) is 8.95. The lowest BCUT2D eigenvalue weighted by molar-refractivity contribution is -0.118. The Balaban J connectivity index is 1.53. The van der Waals surface area contributed by atoms with Gasteiger partial charge in [-0.15, -0.1) is 0 Å². The van der Waals surface area contributed by atoms with Gasteiger partial charge in [0.2, 0.25) is 5.91 Å². The minimum absolute atomic E-state index is 0.0734. The van der Waals surface area contributed by atoms with Crippen LogP contribution in [0.15, 0.2) is 43.0 Å². The van der Waals surface area contributed by atoms with Gasteiger partial charge in [0, 0.05) is 48.2 Å². The number of hydrogen-bond acceptors (Lipinski definition) is 6. The molecule has 1 N–H and O–H groups in total. The number of aromatic nitrogens is 3. The molecule has 7 heteroatoms. The molecule has 4 heterocycles. The molecule has 1 aliphatic rings. The van der Waals surface area contributed by atoms with Crippen molar-refractivity contribution in [1.29, 1.82) is 0 Å². The van der Waals surface area contributed by atoms with Gasteiger partial charge in [-0.25, -0.2) is 4.98 Å². The van der Waals surface area contributed by atoms with E-state index in [0.717, 1.165) is 40.7 Å². The molecular weight excluding hydrogens is 342 g/mol. The van der Waals surface area contributed by atoms with Gasteiger partial charge in [0.05, 0.1) is 31.5 Å². The minimum Gasteiger partial charge on any atom is -0.379 e. The largest absolute Gasteiger partial charge is 0.379 e. The van der Waals surface area contributed by atoms with Crippen molar-refractivity contribution >= 4 is 22.6 Å². The third-order valence-electron chi connectivity index (χ3n) is 4.51. The first kappa shape index (κ1) is 17.5. The van der Waals surface area contributed by atoms with E-state index in [9.17, 15) is 4.79 Å². The number of rotatable bonds is 4. The number of aryl methyl sites for hydroxylation is 1. The molecule has 1 aliphatic heterocycles. The molecule has 7 nitrogen and oxygen atoms in total. The number of fused-ring (bicyclic) bond motifs is 1. The van der Waals surface area contributed by atoms with Crippen LogP contribution in [0.25, 0.3) is 22.0 Å². The quantitative estimate of drug-likeness (QED) is 0.766. The summed E-state index contributed by atoms with van der Waals surface area (Å²) >= 11 is 0. The van der Waals surface area contributed by atoms with Gasteiger partial charge in [-0.2, -0.15) is 0 Å². The third kappa shape index (κ3) is 4.27. The van der Waals surface area contributed by atoms with E-state index in [-0.39, 0.29) is 5.91 Å². The Morgan fingerprint density at radius 2 is 1.89 bits per heavy atom. The molecule has 0 atom stereocenters. The molecule has 0 radical (unpaired) electrons. The van der Waals surface area contributed by atoms with E-state index in [1.165, 1.54) is 0 Å². The summed E-state index contributed by atoms with van der Waals surface area (Å²) in [6, 6.07) is 5.96. The van der Waals surface area contributed by atoms with Gasteiger partial charge in [0.25, 0.3) is 0 Å². The molecule has 0 saturated carbocycles. The first-order chi connectivity index (χ1) is 13.2. The van der Waals surface area contributed by atoms with Gasteiger partial charge in [-0.1, -0.05) is 0 Å². The summed E-state index contributed by atoms with van der Waals surface area (Å²) in [6.07, 6.45) is 7.14. The Morgan fingerprint density at radius 3 is 2.70 bits per heavy atom. The fraction of sp³-hybridized carbons (Fsp3) is 0.300. The fourth-order valence-corrected chi connectivity index (χ4v) is 3.11. The van der Waals surface area contributed by atoms with E-state index >= 15 is 0 Å². The second-order valence-electron chi connectivity index (χ2n) is 6.67. The number of carbonyl (C=O) groups is 1. The summed E-state index contributed by atoms with van der Waals surface area (Å²) in [5.41, 5.74) is 3.87. The summed E-state index contributed by atoms with van der Waals surface area (Å²) in [6.45, 7) is 5.24. The van der Waals surface area contributed by atoms with Crippen LogP contribution < -0.4 is 5.32 Å². The SMILES string of the molecule is Cc1cncc(-c2cnc3cnc(NC(=O)CN4CCOCC4)cc3c2)c1. The summed E-state index contributed by atoms with van der Waals surface area (Å²) in [7, 11) is 0. The zero-order valence-corrected chi connectivity index (χ0v) is 15.2. The average Bonchev–Trinajstić information content (AvgIpc) is 2.68. The zero-order chi connectivity index (χ0) is 18.6. The predicted octanol–water partition coefficient (Wildman–Crippen LogP) is 2.27. The van der Waals surface area contributed by atoms with E-state index in [0.29, 0.717) is 25.6 Å². The maximum absolute atomic E-state index is 12.3. The summed E-state index contributed by atoms with van der Waals surface area (Å²) in [4.78, 5) is 27.4. The van der Waals surface area contributed by atoms with Crippen LogP contribution in [0, 0.1) is 6.92 Å². The van der Waals surface area contributed by atoms with Crippen molar-refractivity contribution in [3.8, 4) is 11.1 Å². The second kappa shape index (κ2) is 7.77. The molecule has 0 aromatic carbocycles. The monoisotopic (exact) mass is 363 g/mol. The van der Waals surface area contributed by atoms with Gasteiger partial charge >= 0.3 is 0 Å². The van der Waals surface area contributed by atoms with E-state index in [1.54, 1.807) is 6.20 Å². The first-order valence-corrected chi connectivity index (χ1v) is 8.95.